The van der Waals surface area contributed by atoms with Gasteiger partial charge in [-0.25, -0.2) is 0 Å². The summed E-state index contributed by atoms with van der Waals surface area (Å²) < 4.78 is 0. The van der Waals surface area contributed by atoms with Crippen LogP contribution in [0.25, 0.3) is 0 Å². The molecule has 1 aliphatic carbocycles. The maximum atomic E-state index is 11.8. The van der Waals surface area contributed by atoms with Crippen LogP contribution in [-0.2, 0) is 0 Å². The molecule has 0 aromatic carbocycles. The first-order valence-corrected chi connectivity index (χ1v) is 7.97. The fraction of sp³-hybridized carbons (Fsp3) is 0.583. The Hall–Kier alpha value is -0.680. The number of thioether (sulfide) groups is 1. The summed E-state index contributed by atoms with van der Waals surface area (Å²) in [4.78, 5) is 13.5. The zero-order chi connectivity index (χ0) is 12.4. The van der Waals surface area contributed by atoms with E-state index in [1.165, 1.54) is 30.6 Å². The number of nitrogens with two attached hydrogens (primary N) is 1. The van der Waals surface area contributed by atoms with E-state index in [-0.39, 0.29) is 5.78 Å². The highest BCUT2D eigenvalue weighted by molar-refractivity contribution is 7.99. The highest BCUT2D eigenvalue weighted by atomic mass is 32.2. The number of hydrogen-bond acceptors (Lipinski definition) is 5. The molecule has 2 rings (SSSR count). The number of anilines is 2. The minimum absolute atomic E-state index is 0.143. The van der Waals surface area contributed by atoms with E-state index < -0.39 is 0 Å². The molecule has 5 heteroatoms. The van der Waals surface area contributed by atoms with Gasteiger partial charge in [-0.1, -0.05) is 6.92 Å². The second kappa shape index (κ2) is 5.31. The Morgan fingerprint density at radius 2 is 2.29 bits per heavy atom. The summed E-state index contributed by atoms with van der Waals surface area (Å²) in [5, 5.41) is 4.58. The predicted octanol–water partition coefficient (Wildman–Crippen LogP) is 3.61. The molecule has 0 amide bonds. The Labute approximate surface area is 110 Å². The minimum Gasteiger partial charge on any atom is -0.396 e. The number of Topliss-reactive ketones (excluding diaryl/α,β-unsaturated/α-hetero) is 1. The van der Waals surface area contributed by atoms with Crippen molar-refractivity contribution in [1.82, 2.24) is 0 Å². The Kier molecular flexibility index (Phi) is 3.99. The lowest BCUT2D eigenvalue weighted by molar-refractivity contribution is 0.0992. The molecular formula is C12H18N2OS2. The predicted molar refractivity (Wildman–Crippen MR) is 76.4 cm³/mol. The molecule has 1 aliphatic rings. The fourth-order valence-electron chi connectivity index (χ4n) is 1.83. The second-order valence-corrected chi connectivity index (χ2v) is 6.09. The zero-order valence-corrected chi connectivity index (χ0v) is 11.8. The molecule has 94 valence electrons. The lowest BCUT2D eigenvalue weighted by Gasteiger charge is -2.27. The maximum Gasteiger partial charge on any atom is 0.174 e. The van der Waals surface area contributed by atoms with Crippen molar-refractivity contribution in [1.29, 1.82) is 0 Å². The van der Waals surface area contributed by atoms with Crippen molar-refractivity contribution in [3.8, 4) is 0 Å². The van der Waals surface area contributed by atoms with Gasteiger partial charge in [0.15, 0.2) is 5.78 Å². The molecule has 3 nitrogen and oxygen atoms in total. The number of carbonyl (C=O) groups excluding carboxylic acids is 1. The average molecular weight is 270 g/mol. The van der Waals surface area contributed by atoms with Gasteiger partial charge in [-0.15, -0.1) is 23.1 Å². The number of nitrogen functional groups attached to an aromatic ring is 1. The fourth-order valence-corrected chi connectivity index (χ4v) is 3.94. The van der Waals surface area contributed by atoms with Gasteiger partial charge in [0.25, 0.3) is 0 Å². The van der Waals surface area contributed by atoms with E-state index in [1.807, 2.05) is 13.2 Å². The van der Waals surface area contributed by atoms with Crippen LogP contribution >= 0.6 is 23.1 Å². The molecule has 17 heavy (non-hydrogen) atoms. The van der Waals surface area contributed by atoms with E-state index in [2.05, 4.69) is 5.32 Å². The highest BCUT2D eigenvalue weighted by Crippen LogP contribution is 2.43. The normalized spacial score (nSPS) is 15.6. The van der Waals surface area contributed by atoms with Crippen LogP contribution < -0.4 is 11.1 Å². The smallest absolute Gasteiger partial charge is 0.174 e. The van der Waals surface area contributed by atoms with Crippen LogP contribution in [0.2, 0.25) is 0 Å². The molecule has 1 aromatic rings. The lowest BCUT2D eigenvalue weighted by Crippen LogP contribution is -2.26. The standard InChI is InChI=1S/C12H18N2OS2/c1-3-8(15)10-9(13)11(16-2)12(17-10)14-7-5-4-6-7/h7,14H,3-6,13H2,1-2H3. The molecule has 0 aliphatic heterocycles. The first-order valence-electron chi connectivity index (χ1n) is 5.93. The molecule has 3 N–H and O–H groups in total. The number of rotatable bonds is 5. The molecule has 0 bridgehead atoms. The Morgan fingerprint density at radius 1 is 1.59 bits per heavy atom. The molecule has 0 radical (unpaired) electrons. The van der Waals surface area contributed by atoms with Crippen molar-refractivity contribution < 1.29 is 4.79 Å². The highest BCUT2D eigenvalue weighted by Gasteiger charge is 2.23. The molecule has 0 saturated heterocycles. The molecule has 1 aromatic heterocycles. The summed E-state index contributed by atoms with van der Waals surface area (Å²) >= 11 is 3.13. The van der Waals surface area contributed by atoms with Crippen molar-refractivity contribution in [2.75, 3.05) is 17.3 Å². The van der Waals surface area contributed by atoms with E-state index in [0.29, 0.717) is 18.2 Å². The van der Waals surface area contributed by atoms with E-state index in [4.69, 9.17) is 5.73 Å². The van der Waals surface area contributed by atoms with Crippen LogP contribution in [0.5, 0.6) is 0 Å². The summed E-state index contributed by atoms with van der Waals surface area (Å²) in [5.41, 5.74) is 6.72. The Bertz CT molecular complexity index is 424. The third-order valence-electron chi connectivity index (χ3n) is 3.12. The number of thiophene rings is 1. The van der Waals surface area contributed by atoms with Crippen molar-refractivity contribution >= 4 is 39.6 Å². The third kappa shape index (κ3) is 2.45. The first-order chi connectivity index (χ1) is 8.17. The van der Waals surface area contributed by atoms with Gasteiger partial charge in [-0.2, -0.15) is 0 Å². The lowest BCUT2D eigenvalue weighted by atomic mass is 9.93. The molecular weight excluding hydrogens is 252 g/mol. The van der Waals surface area contributed by atoms with Crippen LogP contribution in [0.1, 0.15) is 42.3 Å². The molecule has 0 spiro atoms. The van der Waals surface area contributed by atoms with Crippen molar-refractivity contribution in [2.45, 2.75) is 43.5 Å². The zero-order valence-electron chi connectivity index (χ0n) is 10.2. The van der Waals surface area contributed by atoms with Crippen molar-refractivity contribution in [3.05, 3.63) is 4.88 Å². The Balaban J connectivity index is 2.27. The van der Waals surface area contributed by atoms with Crippen LogP contribution in [0.4, 0.5) is 10.7 Å². The van der Waals surface area contributed by atoms with Crippen LogP contribution in [0, 0.1) is 0 Å². The van der Waals surface area contributed by atoms with E-state index >= 15 is 0 Å². The second-order valence-electron chi connectivity index (χ2n) is 4.26. The van der Waals surface area contributed by atoms with Gasteiger partial charge in [0.1, 0.15) is 5.00 Å². The van der Waals surface area contributed by atoms with Gasteiger partial charge in [0.05, 0.1) is 15.5 Å². The number of ketones is 1. The summed E-state index contributed by atoms with van der Waals surface area (Å²) in [7, 11) is 0. The number of carbonyl (C=O) groups is 1. The summed E-state index contributed by atoms with van der Waals surface area (Å²) in [5.74, 6) is 0.143. The van der Waals surface area contributed by atoms with E-state index in [0.717, 1.165) is 14.8 Å². The molecule has 0 unspecified atom stereocenters. The van der Waals surface area contributed by atoms with E-state index in [9.17, 15) is 4.79 Å². The van der Waals surface area contributed by atoms with Gasteiger partial charge in [0, 0.05) is 12.5 Å². The summed E-state index contributed by atoms with van der Waals surface area (Å²) in [6, 6.07) is 0.573. The van der Waals surface area contributed by atoms with Crippen LogP contribution in [-0.4, -0.2) is 18.1 Å². The number of hydrogen-bond donors (Lipinski definition) is 2. The van der Waals surface area contributed by atoms with Gasteiger partial charge < -0.3 is 11.1 Å². The minimum atomic E-state index is 0.143. The van der Waals surface area contributed by atoms with Gasteiger partial charge in [-0.05, 0) is 25.5 Å². The molecule has 1 heterocycles. The van der Waals surface area contributed by atoms with Gasteiger partial charge in [-0.3, -0.25) is 4.79 Å². The first kappa shape index (κ1) is 12.8. The molecule has 1 fully saturated rings. The maximum absolute atomic E-state index is 11.8. The largest absolute Gasteiger partial charge is 0.396 e. The number of nitrogens with one attached hydrogen (secondary N) is 1. The van der Waals surface area contributed by atoms with Crippen molar-refractivity contribution in [2.24, 2.45) is 0 Å². The third-order valence-corrected chi connectivity index (χ3v) is 5.26. The van der Waals surface area contributed by atoms with Gasteiger partial charge >= 0.3 is 0 Å². The quantitative estimate of drug-likeness (QED) is 0.634. The SMILES string of the molecule is CCC(=O)c1sc(NC2CCC2)c(SC)c1N. The van der Waals surface area contributed by atoms with Gasteiger partial charge in [0.2, 0.25) is 0 Å². The monoisotopic (exact) mass is 270 g/mol. The Morgan fingerprint density at radius 3 is 2.76 bits per heavy atom. The molecule has 0 atom stereocenters. The topological polar surface area (TPSA) is 55.1 Å². The van der Waals surface area contributed by atoms with Crippen molar-refractivity contribution in [3.63, 3.8) is 0 Å². The molecule has 1 saturated carbocycles. The van der Waals surface area contributed by atoms with Crippen LogP contribution in [0.3, 0.4) is 0 Å². The summed E-state index contributed by atoms with van der Waals surface area (Å²) in [6.45, 7) is 1.87. The average Bonchev–Trinajstić information content (AvgIpc) is 2.59. The van der Waals surface area contributed by atoms with Crippen LogP contribution in [0.15, 0.2) is 4.90 Å². The van der Waals surface area contributed by atoms with E-state index in [1.54, 1.807) is 11.8 Å². The summed E-state index contributed by atoms with van der Waals surface area (Å²) in [6.07, 6.45) is 6.27.